The highest BCUT2D eigenvalue weighted by Gasteiger charge is 2.27. The van der Waals surface area contributed by atoms with Gasteiger partial charge in [0.2, 0.25) is 11.8 Å². The van der Waals surface area contributed by atoms with Crippen molar-refractivity contribution < 1.29 is 19.1 Å². The van der Waals surface area contributed by atoms with Crippen LogP contribution in [0.5, 0.6) is 0 Å². The van der Waals surface area contributed by atoms with Crippen LogP contribution in [0.15, 0.2) is 28.2 Å². The number of aromatic nitrogens is 2. The van der Waals surface area contributed by atoms with Crippen LogP contribution in [0.4, 0.5) is 0 Å². The van der Waals surface area contributed by atoms with Gasteiger partial charge in [-0.15, -0.1) is 0 Å². The average Bonchev–Trinajstić information content (AvgIpc) is 2.78. The van der Waals surface area contributed by atoms with Crippen molar-refractivity contribution in [1.82, 2.24) is 14.5 Å². The van der Waals surface area contributed by atoms with Gasteiger partial charge in [-0.25, -0.2) is 9.78 Å². The molecule has 2 aromatic rings. The maximum Gasteiger partial charge on any atom is 0.337 e. The second-order valence-electron chi connectivity index (χ2n) is 8.30. The summed E-state index contributed by atoms with van der Waals surface area (Å²) in [5.41, 5.74) is 5.86. The van der Waals surface area contributed by atoms with Crippen LogP contribution < -0.4 is 11.3 Å². The number of methoxy groups -OCH3 is 1. The molecule has 10 heteroatoms. The fraction of sp³-hybridized carbons (Fsp3) is 0.500. The van der Waals surface area contributed by atoms with E-state index in [2.05, 4.69) is 4.98 Å². The molecule has 1 fully saturated rings. The van der Waals surface area contributed by atoms with Crippen LogP contribution in [0.1, 0.15) is 37.0 Å². The molecular weight excluding hydrogens is 432 g/mol. The van der Waals surface area contributed by atoms with Gasteiger partial charge in [0.1, 0.15) is 0 Å². The normalized spacial score (nSPS) is 16.4. The van der Waals surface area contributed by atoms with Gasteiger partial charge in [0.05, 0.1) is 35.2 Å². The first kappa shape index (κ1) is 23.8. The minimum absolute atomic E-state index is 0.0816. The van der Waals surface area contributed by atoms with Crippen molar-refractivity contribution in [3.8, 4) is 0 Å². The molecule has 3 rings (SSSR count). The first-order valence-electron chi connectivity index (χ1n) is 10.5. The molecule has 9 nitrogen and oxygen atoms in total. The Kier molecular flexibility index (Phi) is 7.55. The smallest absolute Gasteiger partial charge is 0.337 e. The summed E-state index contributed by atoms with van der Waals surface area (Å²) in [5.74, 6) is -1.09. The number of fused-ring (bicyclic) bond motifs is 1. The number of nitrogens with two attached hydrogens (primary N) is 1. The zero-order chi connectivity index (χ0) is 23.4. The Hall–Kier alpha value is -2.88. The van der Waals surface area contributed by atoms with E-state index >= 15 is 0 Å². The number of carbonyl (C=O) groups excluding carboxylic acids is 3. The Morgan fingerprint density at radius 1 is 1.31 bits per heavy atom. The van der Waals surface area contributed by atoms with Gasteiger partial charge in [-0.2, -0.15) is 0 Å². The lowest BCUT2D eigenvalue weighted by Gasteiger charge is -2.31. The number of thioether (sulfide) groups is 1. The molecule has 172 valence electrons. The maximum atomic E-state index is 13.1. The molecule has 1 aliphatic heterocycles. The Morgan fingerprint density at radius 2 is 2.06 bits per heavy atom. The average molecular weight is 461 g/mol. The lowest BCUT2D eigenvalue weighted by molar-refractivity contribution is -0.132. The Morgan fingerprint density at radius 3 is 2.72 bits per heavy atom. The van der Waals surface area contributed by atoms with E-state index < -0.39 is 11.9 Å². The second-order valence-corrected chi connectivity index (χ2v) is 9.24. The zero-order valence-corrected chi connectivity index (χ0v) is 19.3. The van der Waals surface area contributed by atoms with Gasteiger partial charge in [-0.1, -0.05) is 25.6 Å². The van der Waals surface area contributed by atoms with Crippen LogP contribution in [0, 0.1) is 11.8 Å². The number of amides is 2. The minimum atomic E-state index is -0.515. The van der Waals surface area contributed by atoms with Gasteiger partial charge in [-0.3, -0.25) is 19.0 Å². The molecule has 1 saturated heterocycles. The molecule has 32 heavy (non-hydrogen) atoms. The van der Waals surface area contributed by atoms with Crippen LogP contribution in [-0.2, 0) is 20.9 Å². The van der Waals surface area contributed by atoms with E-state index in [0.29, 0.717) is 47.7 Å². The van der Waals surface area contributed by atoms with Crippen LogP contribution in [0.25, 0.3) is 10.9 Å². The molecule has 0 aliphatic carbocycles. The standard InChI is InChI=1S/C22H28N4O5S/c1-13(2)10-26-20(29)16-7-6-14(21(30)31-3)9-17(16)24-22(26)32-12-18(27)25-8-4-5-15(11-25)19(23)28/h6-7,9,13,15H,4-5,8,10-12H2,1-3H3,(H2,23,28)/t15-/m1/s1. The van der Waals surface area contributed by atoms with Crippen molar-refractivity contribution in [3.05, 3.63) is 34.1 Å². The number of hydrogen-bond donors (Lipinski definition) is 1. The molecule has 0 saturated carbocycles. The van der Waals surface area contributed by atoms with E-state index in [0.717, 1.165) is 6.42 Å². The topological polar surface area (TPSA) is 125 Å². The van der Waals surface area contributed by atoms with Gasteiger partial charge in [0, 0.05) is 19.6 Å². The number of ether oxygens (including phenoxy) is 1. The number of rotatable bonds is 7. The number of esters is 1. The molecule has 2 heterocycles. The summed E-state index contributed by atoms with van der Waals surface area (Å²) < 4.78 is 6.33. The summed E-state index contributed by atoms with van der Waals surface area (Å²) in [6.45, 7) is 5.34. The van der Waals surface area contributed by atoms with Crippen molar-refractivity contribution in [2.75, 3.05) is 26.0 Å². The summed E-state index contributed by atoms with van der Waals surface area (Å²) >= 11 is 1.18. The third kappa shape index (κ3) is 5.29. The fourth-order valence-corrected chi connectivity index (χ4v) is 4.65. The van der Waals surface area contributed by atoms with Crippen molar-refractivity contribution in [3.63, 3.8) is 0 Å². The SMILES string of the molecule is COC(=O)c1ccc2c(=O)n(CC(C)C)c(SCC(=O)N3CCC[C@@H](C(N)=O)C3)nc2c1. The second kappa shape index (κ2) is 10.2. The third-order valence-corrected chi connectivity index (χ3v) is 6.35. The van der Waals surface area contributed by atoms with Gasteiger partial charge >= 0.3 is 5.97 Å². The summed E-state index contributed by atoms with van der Waals surface area (Å²) in [5, 5.41) is 0.810. The summed E-state index contributed by atoms with van der Waals surface area (Å²) in [6, 6.07) is 4.64. The summed E-state index contributed by atoms with van der Waals surface area (Å²) in [7, 11) is 1.29. The third-order valence-electron chi connectivity index (χ3n) is 5.39. The van der Waals surface area contributed by atoms with Crippen molar-refractivity contribution in [1.29, 1.82) is 0 Å². The van der Waals surface area contributed by atoms with E-state index in [1.54, 1.807) is 21.6 Å². The van der Waals surface area contributed by atoms with E-state index in [9.17, 15) is 19.2 Å². The number of primary amides is 1. The molecule has 1 aliphatic rings. The predicted molar refractivity (Wildman–Crippen MR) is 121 cm³/mol. The molecule has 1 atom stereocenters. The molecular formula is C22H28N4O5S. The van der Waals surface area contributed by atoms with Crippen LogP contribution in [0.3, 0.4) is 0 Å². The molecule has 1 aromatic carbocycles. The van der Waals surface area contributed by atoms with E-state index in [1.165, 1.54) is 24.9 Å². The van der Waals surface area contributed by atoms with Crippen LogP contribution >= 0.6 is 11.8 Å². The number of nitrogens with zero attached hydrogens (tertiary/aromatic N) is 3. The molecule has 0 spiro atoms. The van der Waals surface area contributed by atoms with Gasteiger partial charge in [0.15, 0.2) is 5.16 Å². The maximum absolute atomic E-state index is 13.1. The molecule has 0 unspecified atom stereocenters. The first-order chi connectivity index (χ1) is 15.2. The van der Waals surface area contributed by atoms with E-state index in [4.69, 9.17) is 10.5 Å². The molecule has 0 bridgehead atoms. The number of likely N-dealkylation sites (tertiary alicyclic amines) is 1. The highest BCUT2D eigenvalue weighted by atomic mass is 32.2. The molecule has 2 amide bonds. The minimum Gasteiger partial charge on any atom is -0.465 e. The number of benzene rings is 1. The largest absolute Gasteiger partial charge is 0.465 e. The highest BCUT2D eigenvalue weighted by Crippen LogP contribution is 2.22. The molecule has 0 radical (unpaired) electrons. The predicted octanol–water partition coefficient (Wildman–Crippen LogP) is 1.66. The molecule has 2 N–H and O–H groups in total. The van der Waals surface area contributed by atoms with Gasteiger partial charge in [0.25, 0.3) is 5.56 Å². The monoisotopic (exact) mass is 460 g/mol. The van der Waals surface area contributed by atoms with E-state index in [1.807, 2.05) is 13.8 Å². The van der Waals surface area contributed by atoms with Crippen molar-refractivity contribution >= 4 is 40.4 Å². The van der Waals surface area contributed by atoms with Crippen LogP contribution in [0.2, 0.25) is 0 Å². The Labute approximate surface area is 190 Å². The van der Waals surface area contributed by atoms with Crippen molar-refractivity contribution in [2.24, 2.45) is 17.6 Å². The lowest BCUT2D eigenvalue weighted by atomic mass is 9.97. The van der Waals surface area contributed by atoms with Gasteiger partial charge < -0.3 is 15.4 Å². The first-order valence-corrected chi connectivity index (χ1v) is 11.5. The summed E-state index contributed by atoms with van der Waals surface area (Å²) in [4.78, 5) is 55.6. The van der Waals surface area contributed by atoms with E-state index in [-0.39, 0.29) is 29.1 Å². The number of carbonyl (C=O) groups is 3. The lowest BCUT2D eigenvalue weighted by Crippen LogP contribution is -2.44. The van der Waals surface area contributed by atoms with Crippen molar-refractivity contribution in [2.45, 2.75) is 38.4 Å². The number of hydrogen-bond acceptors (Lipinski definition) is 7. The Balaban J connectivity index is 1.89. The highest BCUT2D eigenvalue weighted by molar-refractivity contribution is 7.99. The quantitative estimate of drug-likeness (QED) is 0.378. The summed E-state index contributed by atoms with van der Waals surface area (Å²) in [6.07, 6.45) is 1.42. The zero-order valence-electron chi connectivity index (χ0n) is 18.5. The molecule has 1 aromatic heterocycles. The Bertz CT molecular complexity index is 1100. The van der Waals surface area contributed by atoms with Crippen LogP contribution in [-0.4, -0.2) is 58.2 Å². The number of piperidine rings is 1. The van der Waals surface area contributed by atoms with Gasteiger partial charge in [-0.05, 0) is 37.0 Å². The fourth-order valence-electron chi connectivity index (χ4n) is 3.74.